The zero-order valence-electron chi connectivity index (χ0n) is 8.76. The molecule has 6 unspecified atom stereocenters. The smallest absolute Gasteiger partial charge is 0.0274 e. The fraction of sp³-hybridized carbons (Fsp3) is 1.00. The number of rotatable bonds is 0. The number of fused-ring (bicyclic) bond motifs is 3. The number of alkyl halides is 2. The van der Waals surface area contributed by atoms with Gasteiger partial charge in [0.15, 0.2) is 0 Å². The fourth-order valence-corrected chi connectivity index (χ4v) is 5.03. The van der Waals surface area contributed by atoms with Crippen molar-refractivity contribution < 1.29 is 0 Å². The van der Waals surface area contributed by atoms with Gasteiger partial charge in [0, 0.05) is 34.8 Å². The summed E-state index contributed by atoms with van der Waals surface area (Å²) in [4.78, 5) is 1.39. The van der Waals surface area contributed by atoms with Crippen molar-refractivity contribution in [2.45, 2.75) is 41.0 Å². The van der Waals surface area contributed by atoms with E-state index in [1.807, 2.05) is 0 Å². The Morgan fingerprint density at radius 2 is 1.20 bits per heavy atom. The van der Waals surface area contributed by atoms with Crippen LogP contribution >= 0.6 is 31.9 Å². The molecule has 1 aliphatic carbocycles. The Morgan fingerprint density at radius 1 is 0.733 bits per heavy atom. The molecule has 15 heavy (non-hydrogen) atoms. The Labute approximate surface area is 108 Å². The quantitative estimate of drug-likeness (QED) is 0.659. The molecule has 2 aliphatic heterocycles. The van der Waals surface area contributed by atoms with Gasteiger partial charge in [0.25, 0.3) is 0 Å². The van der Waals surface area contributed by atoms with Gasteiger partial charge in [-0.1, -0.05) is 31.9 Å². The summed E-state index contributed by atoms with van der Waals surface area (Å²) in [6, 6.07) is 1.48. The zero-order valence-corrected chi connectivity index (χ0v) is 11.9. The number of hydrogen-bond acceptors (Lipinski definition) is 2. The van der Waals surface area contributed by atoms with Crippen LogP contribution in [0.15, 0.2) is 0 Å². The lowest BCUT2D eigenvalue weighted by molar-refractivity contribution is 0.268. The Kier molecular flexibility index (Phi) is 3.14. The van der Waals surface area contributed by atoms with Crippen LogP contribution in [0.2, 0.25) is 0 Å². The van der Waals surface area contributed by atoms with Crippen LogP contribution in [0.3, 0.4) is 0 Å². The molecule has 2 N–H and O–H groups in total. The summed E-state index contributed by atoms with van der Waals surface area (Å²) in [5.41, 5.74) is 0. The highest BCUT2D eigenvalue weighted by atomic mass is 79.9. The van der Waals surface area contributed by atoms with Gasteiger partial charge in [-0.3, -0.25) is 0 Å². The molecule has 3 fully saturated rings. The van der Waals surface area contributed by atoms with Crippen LogP contribution in [0.4, 0.5) is 0 Å². The molecule has 0 radical (unpaired) electrons. The maximum Gasteiger partial charge on any atom is 0.0274 e. The van der Waals surface area contributed by atoms with Crippen LogP contribution in [0.1, 0.15) is 19.3 Å². The van der Waals surface area contributed by atoms with Crippen LogP contribution in [0, 0.1) is 11.8 Å². The zero-order chi connectivity index (χ0) is 10.4. The van der Waals surface area contributed by atoms with Crippen LogP contribution in [-0.4, -0.2) is 34.8 Å². The first kappa shape index (κ1) is 11.0. The fourth-order valence-electron chi connectivity index (χ4n) is 3.69. The van der Waals surface area contributed by atoms with E-state index in [9.17, 15) is 0 Å². The number of halogens is 2. The Balaban J connectivity index is 1.72. The molecule has 1 saturated carbocycles. The largest absolute Gasteiger partial charge is 0.311 e. The van der Waals surface area contributed by atoms with E-state index in [0.717, 1.165) is 37.0 Å². The summed E-state index contributed by atoms with van der Waals surface area (Å²) in [6.45, 7) is 2.29. The predicted octanol–water partition coefficient (Wildman–Crippen LogP) is 1.87. The third kappa shape index (κ3) is 2.03. The van der Waals surface area contributed by atoms with Crippen molar-refractivity contribution in [2.24, 2.45) is 11.8 Å². The van der Waals surface area contributed by atoms with E-state index in [2.05, 4.69) is 42.5 Å². The van der Waals surface area contributed by atoms with Crippen molar-refractivity contribution >= 4 is 31.9 Å². The average molecular weight is 338 g/mol. The molecule has 2 saturated heterocycles. The van der Waals surface area contributed by atoms with Gasteiger partial charge in [0.05, 0.1) is 0 Å². The third-order valence-electron chi connectivity index (χ3n) is 4.28. The number of hydrogen-bond donors (Lipinski definition) is 2. The molecule has 4 heteroatoms. The highest BCUT2D eigenvalue weighted by Crippen LogP contribution is 2.42. The molecular formula is C11H18Br2N2. The number of piperidine rings is 2. The molecule has 0 amide bonds. The van der Waals surface area contributed by atoms with Gasteiger partial charge >= 0.3 is 0 Å². The summed E-state index contributed by atoms with van der Waals surface area (Å²) in [6.07, 6.45) is 4.14. The van der Waals surface area contributed by atoms with Gasteiger partial charge < -0.3 is 10.6 Å². The molecule has 2 nitrogen and oxygen atoms in total. The van der Waals surface area contributed by atoms with Crippen molar-refractivity contribution in [3.05, 3.63) is 0 Å². The summed E-state index contributed by atoms with van der Waals surface area (Å²) in [5, 5.41) is 7.44. The first-order chi connectivity index (χ1) is 7.24. The van der Waals surface area contributed by atoms with E-state index in [1.54, 1.807) is 0 Å². The van der Waals surface area contributed by atoms with Crippen LogP contribution < -0.4 is 10.6 Å². The summed E-state index contributed by atoms with van der Waals surface area (Å²) >= 11 is 7.49. The van der Waals surface area contributed by atoms with Gasteiger partial charge in [-0.05, 0) is 31.1 Å². The lowest BCUT2D eigenvalue weighted by Crippen LogP contribution is -2.56. The van der Waals surface area contributed by atoms with E-state index in [0.29, 0.717) is 9.65 Å². The van der Waals surface area contributed by atoms with Crippen molar-refractivity contribution in [2.75, 3.05) is 13.1 Å². The van der Waals surface area contributed by atoms with E-state index in [4.69, 9.17) is 0 Å². The summed E-state index contributed by atoms with van der Waals surface area (Å²) in [7, 11) is 0. The minimum Gasteiger partial charge on any atom is -0.311 e. The molecular weight excluding hydrogens is 320 g/mol. The lowest BCUT2D eigenvalue weighted by atomic mass is 9.92. The van der Waals surface area contributed by atoms with Crippen molar-refractivity contribution in [3.63, 3.8) is 0 Å². The minimum atomic E-state index is 0.693. The van der Waals surface area contributed by atoms with Crippen molar-refractivity contribution in [1.29, 1.82) is 0 Å². The van der Waals surface area contributed by atoms with Crippen molar-refractivity contribution in [1.82, 2.24) is 10.6 Å². The molecule has 3 aliphatic rings. The van der Waals surface area contributed by atoms with Crippen LogP contribution in [-0.2, 0) is 0 Å². The molecule has 0 spiro atoms. The van der Waals surface area contributed by atoms with Crippen molar-refractivity contribution in [3.8, 4) is 0 Å². The van der Waals surface area contributed by atoms with E-state index in [1.165, 1.54) is 19.3 Å². The molecule has 0 aromatic rings. The predicted molar refractivity (Wildman–Crippen MR) is 69.8 cm³/mol. The summed E-state index contributed by atoms with van der Waals surface area (Å²) < 4.78 is 0. The second kappa shape index (κ2) is 4.28. The monoisotopic (exact) mass is 336 g/mol. The lowest BCUT2D eigenvalue weighted by Gasteiger charge is -2.37. The highest BCUT2D eigenvalue weighted by Gasteiger charge is 2.47. The topological polar surface area (TPSA) is 24.1 Å². The van der Waals surface area contributed by atoms with E-state index < -0.39 is 0 Å². The maximum absolute atomic E-state index is 3.74. The van der Waals surface area contributed by atoms with Gasteiger partial charge in [-0.2, -0.15) is 0 Å². The highest BCUT2D eigenvalue weighted by molar-refractivity contribution is 9.09. The Bertz CT molecular complexity index is 225. The minimum absolute atomic E-state index is 0.693. The normalized spacial score (nSPS) is 54.8. The molecule has 3 rings (SSSR count). The number of nitrogens with one attached hydrogen (secondary N) is 2. The Morgan fingerprint density at radius 3 is 1.67 bits per heavy atom. The van der Waals surface area contributed by atoms with Gasteiger partial charge in [-0.25, -0.2) is 0 Å². The first-order valence-electron chi connectivity index (χ1n) is 5.99. The third-order valence-corrected chi connectivity index (χ3v) is 5.67. The molecule has 6 atom stereocenters. The standard InChI is InChI=1S/C11H18Br2N2/c12-8-2-6-1-7-3-9(13)5-15-11(7)10(6)14-4-8/h6-11,14-15H,1-5H2. The second-order valence-corrected chi connectivity index (χ2v) is 7.88. The van der Waals surface area contributed by atoms with E-state index in [-0.39, 0.29) is 0 Å². The molecule has 0 bridgehead atoms. The van der Waals surface area contributed by atoms with Crippen LogP contribution in [0.25, 0.3) is 0 Å². The van der Waals surface area contributed by atoms with Gasteiger partial charge in [0.2, 0.25) is 0 Å². The van der Waals surface area contributed by atoms with E-state index >= 15 is 0 Å². The van der Waals surface area contributed by atoms with Gasteiger partial charge in [0.1, 0.15) is 0 Å². The molecule has 0 aromatic heterocycles. The molecule has 86 valence electrons. The first-order valence-corrected chi connectivity index (χ1v) is 7.82. The average Bonchev–Trinajstić information content (AvgIpc) is 2.53. The SMILES string of the molecule is BrC1CNC2C(C1)CC1CC(Br)CNC12. The van der Waals surface area contributed by atoms with Gasteiger partial charge in [-0.15, -0.1) is 0 Å². The Hall–Kier alpha value is 0.880. The summed E-state index contributed by atoms with van der Waals surface area (Å²) in [5.74, 6) is 1.78. The maximum atomic E-state index is 3.74. The van der Waals surface area contributed by atoms with Crippen LogP contribution in [0.5, 0.6) is 0 Å². The molecule has 0 aromatic carbocycles. The molecule has 2 heterocycles. The second-order valence-electron chi connectivity index (χ2n) is 5.29.